The highest BCUT2D eigenvalue weighted by Crippen LogP contribution is 2.08. The summed E-state index contributed by atoms with van der Waals surface area (Å²) in [6.07, 6.45) is 3.32. The molecule has 2 heterocycles. The molecule has 0 saturated heterocycles. The largest absolute Gasteiger partial charge is 0.298 e. The molecule has 0 unspecified atom stereocenters. The number of pyridine rings is 1. The van der Waals surface area contributed by atoms with E-state index in [0.29, 0.717) is 17.4 Å². The molecule has 0 spiro atoms. The Morgan fingerprint density at radius 2 is 2.33 bits per heavy atom. The van der Waals surface area contributed by atoms with E-state index in [4.69, 9.17) is 0 Å². The minimum Gasteiger partial charge on any atom is -0.298 e. The normalized spacial score (nSPS) is 10.4. The average Bonchev–Trinajstić information content (AvgIpc) is 2.46. The van der Waals surface area contributed by atoms with Crippen molar-refractivity contribution in [2.45, 2.75) is 0 Å². The first-order chi connectivity index (χ1) is 5.81. The van der Waals surface area contributed by atoms with Gasteiger partial charge < -0.3 is 0 Å². The zero-order chi connectivity index (χ0) is 8.55. The zero-order valence-corrected chi connectivity index (χ0v) is 6.07. The molecule has 2 rings (SSSR count). The van der Waals surface area contributed by atoms with Gasteiger partial charge in [0, 0.05) is 0 Å². The summed E-state index contributed by atoms with van der Waals surface area (Å²) >= 11 is 0. The quantitative estimate of drug-likeness (QED) is 0.595. The molecule has 0 aromatic carbocycles. The van der Waals surface area contributed by atoms with Crippen LogP contribution < -0.4 is 0 Å². The van der Waals surface area contributed by atoms with Crippen molar-refractivity contribution in [1.29, 1.82) is 0 Å². The van der Waals surface area contributed by atoms with Gasteiger partial charge >= 0.3 is 0 Å². The number of aromatic nitrogens is 2. The smallest absolute Gasteiger partial charge is 0.153 e. The van der Waals surface area contributed by atoms with Crippen molar-refractivity contribution in [3.8, 4) is 0 Å². The van der Waals surface area contributed by atoms with Crippen molar-refractivity contribution in [3.05, 3.63) is 35.9 Å². The van der Waals surface area contributed by atoms with Crippen LogP contribution in [0.4, 0.5) is 4.39 Å². The van der Waals surface area contributed by atoms with Crippen LogP contribution in [0.2, 0.25) is 0 Å². The SMILES string of the molecule is O=Cc1cnn2cc(F)ccc12. The van der Waals surface area contributed by atoms with Crippen LogP contribution in [-0.2, 0) is 0 Å². The first kappa shape index (κ1) is 6.97. The maximum atomic E-state index is 12.6. The molecule has 0 aliphatic rings. The molecule has 2 aromatic rings. The maximum absolute atomic E-state index is 12.6. The lowest BCUT2D eigenvalue weighted by atomic mass is 10.3. The Balaban J connectivity index is 2.81. The van der Waals surface area contributed by atoms with Crippen LogP contribution in [0.25, 0.3) is 5.52 Å². The molecular weight excluding hydrogens is 159 g/mol. The predicted octanol–water partition coefficient (Wildman–Crippen LogP) is 1.29. The molecule has 0 amide bonds. The van der Waals surface area contributed by atoms with Gasteiger partial charge in [-0.25, -0.2) is 8.91 Å². The van der Waals surface area contributed by atoms with Gasteiger partial charge in [-0.1, -0.05) is 0 Å². The van der Waals surface area contributed by atoms with Crippen LogP contribution in [0.5, 0.6) is 0 Å². The van der Waals surface area contributed by atoms with Gasteiger partial charge in [-0.2, -0.15) is 5.10 Å². The van der Waals surface area contributed by atoms with Gasteiger partial charge in [0.1, 0.15) is 5.82 Å². The highest BCUT2D eigenvalue weighted by atomic mass is 19.1. The number of hydrogen-bond donors (Lipinski definition) is 0. The Labute approximate surface area is 67.4 Å². The summed E-state index contributed by atoms with van der Waals surface area (Å²) in [5.41, 5.74) is 1.08. The summed E-state index contributed by atoms with van der Waals surface area (Å²) in [5, 5.41) is 3.80. The van der Waals surface area contributed by atoms with Crippen LogP contribution in [0.1, 0.15) is 10.4 Å². The van der Waals surface area contributed by atoms with Crippen molar-refractivity contribution in [1.82, 2.24) is 9.61 Å². The van der Waals surface area contributed by atoms with E-state index in [9.17, 15) is 9.18 Å². The molecule has 0 aliphatic carbocycles. The van der Waals surface area contributed by atoms with E-state index in [0.717, 1.165) is 0 Å². The lowest BCUT2D eigenvalue weighted by Gasteiger charge is -1.91. The molecule has 60 valence electrons. The summed E-state index contributed by atoms with van der Waals surface area (Å²) in [4.78, 5) is 10.4. The van der Waals surface area contributed by atoms with E-state index in [1.54, 1.807) is 0 Å². The predicted molar refractivity (Wildman–Crippen MR) is 40.5 cm³/mol. The number of rotatable bonds is 1. The molecule has 4 heteroatoms. The van der Waals surface area contributed by atoms with Gasteiger partial charge in [0.2, 0.25) is 0 Å². The van der Waals surface area contributed by atoms with Gasteiger partial charge in [0.25, 0.3) is 0 Å². The molecule has 0 aliphatic heterocycles. The molecule has 0 bridgehead atoms. The third-order valence-corrected chi connectivity index (χ3v) is 1.64. The second-order valence-electron chi connectivity index (χ2n) is 2.39. The standard InChI is InChI=1S/C8H5FN2O/c9-7-1-2-8-6(5-12)3-10-11(8)4-7/h1-5H. The minimum absolute atomic E-state index is 0.372. The highest BCUT2D eigenvalue weighted by molar-refractivity contribution is 5.85. The topological polar surface area (TPSA) is 34.4 Å². The summed E-state index contributed by atoms with van der Waals surface area (Å²) in [6.45, 7) is 0. The van der Waals surface area contributed by atoms with Gasteiger partial charge in [-0.15, -0.1) is 0 Å². The van der Waals surface area contributed by atoms with Gasteiger partial charge in [-0.3, -0.25) is 4.79 Å². The number of nitrogens with zero attached hydrogens (tertiary/aromatic N) is 2. The monoisotopic (exact) mass is 164 g/mol. The van der Waals surface area contributed by atoms with Crippen molar-refractivity contribution in [3.63, 3.8) is 0 Å². The first-order valence-corrected chi connectivity index (χ1v) is 3.39. The molecular formula is C8H5FN2O. The molecule has 0 N–H and O–H groups in total. The molecule has 3 nitrogen and oxygen atoms in total. The fraction of sp³-hybridized carbons (Fsp3) is 0. The van der Waals surface area contributed by atoms with Gasteiger partial charge in [0.15, 0.2) is 6.29 Å². The lowest BCUT2D eigenvalue weighted by Crippen LogP contribution is -1.88. The minimum atomic E-state index is -0.372. The molecule has 0 saturated carbocycles. The maximum Gasteiger partial charge on any atom is 0.153 e. The van der Waals surface area contributed by atoms with Crippen LogP contribution in [0, 0.1) is 5.82 Å². The van der Waals surface area contributed by atoms with Crippen molar-refractivity contribution >= 4 is 11.8 Å². The Kier molecular flexibility index (Phi) is 1.40. The Hall–Kier alpha value is -1.71. The Morgan fingerprint density at radius 1 is 1.50 bits per heavy atom. The van der Waals surface area contributed by atoms with E-state index in [1.165, 1.54) is 29.0 Å². The number of carbonyl (C=O) groups excluding carboxylic acids is 1. The molecule has 0 fully saturated rings. The molecule has 0 atom stereocenters. The van der Waals surface area contributed by atoms with Crippen molar-refractivity contribution in [2.24, 2.45) is 0 Å². The van der Waals surface area contributed by atoms with Crippen LogP contribution in [-0.4, -0.2) is 15.9 Å². The number of aldehydes is 1. The Morgan fingerprint density at radius 3 is 3.08 bits per heavy atom. The number of hydrogen-bond acceptors (Lipinski definition) is 2. The van der Waals surface area contributed by atoms with Crippen molar-refractivity contribution in [2.75, 3.05) is 0 Å². The molecule has 0 radical (unpaired) electrons. The van der Waals surface area contributed by atoms with E-state index in [2.05, 4.69) is 5.10 Å². The summed E-state index contributed by atoms with van der Waals surface area (Å²) < 4.78 is 13.9. The van der Waals surface area contributed by atoms with E-state index < -0.39 is 0 Å². The van der Waals surface area contributed by atoms with E-state index in [1.807, 2.05) is 0 Å². The average molecular weight is 164 g/mol. The molecule has 12 heavy (non-hydrogen) atoms. The summed E-state index contributed by atoms with van der Waals surface area (Å²) in [5.74, 6) is -0.372. The van der Waals surface area contributed by atoms with Crippen LogP contribution in [0.3, 0.4) is 0 Å². The Bertz CT molecular complexity index is 436. The fourth-order valence-electron chi connectivity index (χ4n) is 1.07. The van der Waals surface area contributed by atoms with Crippen molar-refractivity contribution < 1.29 is 9.18 Å². The first-order valence-electron chi connectivity index (χ1n) is 3.39. The fourth-order valence-corrected chi connectivity index (χ4v) is 1.07. The van der Waals surface area contributed by atoms with Crippen LogP contribution >= 0.6 is 0 Å². The van der Waals surface area contributed by atoms with E-state index >= 15 is 0 Å². The highest BCUT2D eigenvalue weighted by Gasteiger charge is 2.01. The van der Waals surface area contributed by atoms with Gasteiger partial charge in [-0.05, 0) is 12.1 Å². The summed E-state index contributed by atoms with van der Waals surface area (Å²) in [7, 11) is 0. The third kappa shape index (κ3) is 0.887. The third-order valence-electron chi connectivity index (χ3n) is 1.64. The number of carbonyl (C=O) groups is 1. The van der Waals surface area contributed by atoms with Gasteiger partial charge in [0.05, 0.1) is 23.5 Å². The molecule has 2 aromatic heterocycles. The second kappa shape index (κ2) is 2.41. The number of fused-ring (bicyclic) bond motifs is 1. The van der Waals surface area contributed by atoms with E-state index in [-0.39, 0.29) is 5.82 Å². The number of halogens is 1. The lowest BCUT2D eigenvalue weighted by molar-refractivity contribution is 0.112. The van der Waals surface area contributed by atoms with Crippen LogP contribution in [0.15, 0.2) is 24.5 Å². The zero-order valence-electron chi connectivity index (χ0n) is 6.07. The summed E-state index contributed by atoms with van der Waals surface area (Å²) in [6, 6.07) is 2.82. The second-order valence-corrected chi connectivity index (χ2v) is 2.39.